The van der Waals surface area contributed by atoms with Crippen LogP contribution < -0.4 is 4.90 Å². The maximum absolute atomic E-state index is 13.2. The Hall–Kier alpha value is -3.65. The monoisotopic (exact) mass is 482 g/mol. The van der Waals surface area contributed by atoms with Crippen LogP contribution in [0.4, 0.5) is 10.1 Å². The van der Waals surface area contributed by atoms with Crippen LogP contribution in [0.1, 0.15) is 11.3 Å². The highest BCUT2D eigenvalue weighted by atomic mass is 35.5. The van der Waals surface area contributed by atoms with Crippen molar-refractivity contribution in [1.29, 1.82) is 0 Å². The van der Waals surface area contributed by atoms with E-state index in [1.54, 1.807) is 24.0 Å². The molecule has 1 saturated heterocycles. The van der Waals surface area contributed by atoms with E-state index < -0.39 is 5.97 Å². The number of esters is 1. The fourth-order valence-electron chi connectivity index (χ4n) is 3.73. The quantitative estimate of drug-likeness (QED) is 0.394. The summed E-state index contributed by atoms with van der Waals surface area (Å²) in [5.74, 6) is -1.24. The number of carbonyl (C=O) groups excluding carboxylic acids is 2. The van der Waals surface area contributed by atoms with Gasteiger partial charge in [0.25, 0.3) is 5.91 Å². The van der Waals surface area contributed by atoms with Crippen molar-refractivity contribution < 1.29 is 18.7 Å². The maximum atomic E-state index is 13.2. The van der Waals surface area contributed by atoms with Gasteiger partial charge in [-0.15, -0.1) is 0 Å². The summed E-state index contributed by atoms with van der Waals surface area (Å²) in [5, 5.41) is 4.62. The Bertz CT molecular complexity index is 1190. The number of carbonyl (C=O) groups is 2. The van der Waals surface area contributed by atoms with Crippen molar-refractivity contribution in [3.8, 4) is 5.69 Å². The largest absolute Gasteiger partial charge is 0.452 e. The Morgan fingerprint density at radius 2 is 1.71 bits per heavy atom. The summed E-state index contributed by atoms with van der Waals surface area (Å²) in [6, 6.07) is 15.8. The third-order valence-electron chi connectivity index (χ3n) is 5.60. The first kappa shape index (κ1) is 23.5. The molecule has 1 aliphatic rings. The van der Waals surface area contributed by atoms with Crippen LogP contribution in [0.5, 0.6) is 0 Å². The van der Waals surface area contributed by atoms with Crippen molar-refractivity contribution in [1.82, 2.24) is 14.7 Å². The lowest BCUT2D eigenvalue weighted by Gasteiger charge is -2.36. The van der Waals surface area contributed by atoms with Gasteiger partial charge < -0.3 is 14.5 Å². The number of hydrogen-bond donors (Lipinski definition) is 0. The molecule has 2 aromatic carbocycles. The molecule has 4 rings (SSSR count). The molecule has 2 heterocycles. The highest BCUT2D eigenvalue weighted by Crippen LogP contribution is 2.25. The molecule has 7 nitrogen and oxygen atoms in total. The van der Waals surface area contributed by atoms with E-state index in [1.165, 1.54) is 29.0 Å². The second-order valence-electron chi connectivity index (χ2n) is 7.82. The number of benzene rings is 2. The molecule has 176 valence electrons. The van der Waals surface area contributed by atoms with Gasteiger partial charge in [-0.1, -0.05) is 29.8 Å². The van der Waals surface area contributed by atoms with E-state index in [0.29, 0.717) is 30.0 Å². The van der Waals surface area contributed by atoms with E-state index in [0.717, 1.165) is 18.8 Å². The Labute approximate surface area is 202 Å². The summed E-state index contributed by atoms with van der Waals surface area (Å²) >= 11 is 6.41. The lowest BCUT2D eigenvalue weighted by atomic mass is 10.2. The van der Waals surface area contributed by atoms with Gasteiger partial charge in [-0.3, -0.25) is 4.79 Å². The molecule has 1 amide bonds. The van der Waals surface area contributed by atoms with Gasteiger partial charge in [-0.05, 0) is 49.4 Å². The zero-order valence-corrected chi connectivity index (χ0v) is 19.4. The number of rotatable bonds is 6. The normalized spacial score (nSPS) is 14.0. The number of amides is 1. The first-order chi connectivity index (χ1) is 16.4. The Morgan fingerprint density at radius 1 is 1.03 bits per heavy atom. The van der Waals surface area contributed by atoms with Crippen molar-refractivity contribution in [2.75, 3.05) is 37.7 Å². The van der Waals surface area contributed by atoms with E-state index >= 15 is 0 Å². The van der Waals surface area contributed by atoms with Crippen LogP contribution in [-0.2, 0) is 14.3 Å². The molecule has 0 atom stereocenters. The molecule has 9 heteroatoms. The van der Waals surface area contributed by atoms with Gasteiger partial charge in [0.2, 0.25) is 0 Å². The first-order valence-corrected chi connectivity index (χ1v) is 11.2. The van der Waals surface area contributed by atoms with Crippen molar-refractivity contribution in [2.45, 2.75) is 6.92 Å². The Balaban J connectivity index is 1.29. The minimum Gasteiger partial charge on any atom is -0.452 e. The molecule has 0 N–H and O–H groups in total. The predicted molar refractivity (Wildman–Crippen MR) is 128 cm³/mol. The number of piperazine rings is 1. The summed E-state index contributed by atoms with van der Waals surface area (Å²) in [4.78, 5) is 28.6. The zero-order chi connectivity index (χ0) is 24.1. The van der Waals surface area contributed by atoms with E-state index in [9.17, 15) is 14.0 Å². The van der Waals surface area contributed by atoms with E-state index in [-0.39, 0.29) is 23.5 Å². The molecule has 34 heavy (non-hydrogen) atoms. The molecule has 0 radical (unpaired) electrons. The lowest BCUT2D eigenvalue weighted by Crippen LogP contribution is -2.49. The summed E-state index contributed by atoms with van der Waals surface area (Å²) in [6.07, 6.45) is 2.71. The van der Waals surface area contributed by atoms with Crippen LogP contribution in [0.3, 0.4) is 0 Å². The number of anilines is 1. The Kier molecular flexibility index (Phi) is 7.27. The average molecular weight is 483 g/mol. The zero-order valence-electron chi connectivity index (χ0n) is 18.7. The van der Waals surface area contributed by atoms with Gasteiger partial charge in [0, 0.05) is 43.5 Å². The van der Waals surface area contributed by atoms with Gasteiger partial charge in [0.05, 0.1) is 11.4 Å². The molecule has 0 aliphatic carbocycles. The number of hydrogen-bond acceptors (Lipinski definition) is 5. The Morgan fingerprint density at radius 3 is 2.38 bits per heavy atom. The predicted octanol–water partition coefficient (Wildman–Crippen LogP) is 3.88. The number of halogens is 2. The van der Waals surface area contributed by atoms with Crippen LogP contribution in [0, 0.1) is 12.7 Å². The summed E-state index contributed by atoms with van der Waals surface area (Å²) in [7, 11) is 0. The number of para-hydroxylation sites is 1. The molecule has 0 spiro atoms. The maximum Gasteiger partial charge on any atom is 0.331 e. The molecule has 0 bridgehead atoms. The van der Waals surface area contributed by atoms with Gasteiger partial charge in [-0.25, -0.2) is 13.9 Å². The molecular weight excluding hydrogens is 459 g/mol. The lowest BCUT2D eigenvalue weighted by molar-refractivity contribution is -0.148. The number of ether oxygens (including phenoxy) is 1. The summed E-state index contributed by atoms with van der Waals surface area (Å²) < 4.78 is 19.8. The molecule has 1 aromatic heterocycles. The molecule has 0 saturated carbocycles. The fraction of sp³-hybridized carbons (Fsp3) is 0.240. The third kappa shape index (κ3) is 5.46. The standard InChI is InChI=1S/C25H24ClFN4O3/c1-18-22(25(26)31(28-18)21-9-7-19(27)8-10-21)11-12-24(33)34-17-23(32)30-15-13-29(14-16-30)20-5-3-2-4-6-20/h2-12H,13-17H2,1H3/b12-11+. The van der Waals surface area contributed by atoms with Gasteiger partial charge in [0.1, 0.15) is 11.0 Å². The number of aromatic nitrogens is 2. The first-order valence-electron chi connectivity index (χ1n) is 10.9. The topological polar surface area (TPSA) is 67.7 Å². The van der Waals surface area contributed by atoms with Gasteiger partial charge >= 0.3 is 5.97 Å². The van der Waals surface area contributed by atoms with E-state index in [4.69, 9.17) is 16.3 Å². The third-order valence-corrected chi connectivity index (χ3v) is 5.96. The molecule has 1 fully saturated rings. The van der Waals surface area contributed by atoms with Gasteiger partial charge in [0.15, 0.2) is 6.61 Å². The molecule has 0 unspecified atom stereocenters. The minimum atomic E-state index is -0.652. The van der Waals surface area contributed by atoms with Crippen molar-refractivity contribution >= 4 is 35.2 Å². The fourth-order valence-corrected chi connectivity index (χ4v) is 4.07. The number of nitrogens with zero attached hydrogens (tertiary/aromatic N) is 4. The van der Waals surface area contributed by atoms with E-state index in [1.807, 2.05) is 30.3 Å². The smallest absolute Gasteiger partial charge is 0.331 e. The average Bonchev–Trinajstić information content (AvgIpc) is 3.15. The van der Waals surface area contributed by atoms with Crippen LogP contribution in [-0.4, -0.2) is 59.3 Å². The molecule has 3 aromatic rings. The van der Waals surface area contributed by atoms with Crippen molar-refractivity contribution in [3.05, 3.63) is 82.9 Å². The molecular formula is C25H24ClFN4O3. The van der Waals surface area contributed by atoms with Crippen LogP contribution in [0.2, 0.25) is 5.15 Å². The van der Waals surface area contributed by atoms with Crippen LogP contribution in [0.15, 0.2) is 60.7 Å². The SMILES string of the molecule is Cc1nn(-c2ccc(F)cc2)c(Cl)c1/C=C/C(=O)OCC(=O)N1CCN(c2ccccc2)CC1. The van der Waals surface area contributed by atoms with Crippen molar-refractivity contribution in [3.63, 3.8) is 0 Å². The van der Waals surface area contributed by atoms with Gasteiger partial charge in [-0.2, -0.15) is 5.10 Å². The van der Waals surface area contributed by atoms with Crippen LogP contribution >= 0.6 is 11.6 Å². The highest BCUT2D eigenvalue weighted by Gasteiger charge is 2.22. The highest BCUT2D eigenvalue weighted by molar-refractivity contribution is 6.31. The second kappa shape index (κ2) is 10.5. The molecule has 1 aliphatic heterocycles. The minimum absolute atomic E-state index is 0.229. The van der Waals surface area contributed by atoms with Crippen molar-refractivity contribution in [2.24, 2.45) is 0 Å². The van der Waals surface area contributed by atoms with E-state index in [2.05, 4.69) is 10.00 Å². The summed E-state index contributed by atoms with van der Waals surface area (Å²) in [6.45, 7) is 4.00. The van der Waals surface area contributed by atoms with Crippen LogP contribution in [0.25, 0.3) is 11.8 Å². The number of aryl methyl sites for hydroxylation is 1. The second-order valence-corrected chi connectivity index (χ2v) is 8.18. The summed E-state index contributed by atoms with van der Waals surface area (Å²) in [5.41, 5.74) is 2.84.